The van der Waals surface area contributed by atoms with Gasteiger partial charge in [0.2, 0.25) is 15.9 Å². The summed E-state index contributed by atoms with van der Waals surface area (Å²) in [7, 11) is -3.40. The van der Waals surface area contributed by atoms with Crippen LogP contribution < -0.4 is 10.6 Å². The summed E-state index contributed by atoms with van der Waals surface area (Å²) in [4.78, 5) is 17.3. The molecule has 0 unspecified atom stereocenters. The molecule has 1 amide bonds. The van der Waals surface area contributed by atoms with Crippen LogP contribution in [-0.2, 0) is 19.6 Å². The quantitative estimate of drug-likeness (QED) is 0.480. The summed E-state index contributed by atoms with van der Waals surface area (Å²) in [5.74, 6) is 0.296. The van der Waals surface area contributed by atoms with Crippen molar-refractivity contribution in [2.24, 2.45) is 11.8 Å². The van der Waals surface area contributed by atoms with Crippen LogP contribution in [-0.4, -0.2) is 61.2 Å². The summed E-state index contributed by atoms with van der Waals surface area (Å²) in [6.45, 7) is 7.78. The summed E-state index contributed by atoms with van der Waals surface area (Å²) >= 11 is 6.51. The maximum Gasteiger partial charge on any atom is 0.229 e. The first-order chi connectivity index (χ1) is 17.6. The van der Waals surface area contributed by atoms with Crippen LogP contribution >= 0.6 is 11.6 Å². The third-order valence-electron chi connectivity index (χ3n) is 7.36. The topological polar surface area (TPSA) is 101 Å². The Balaban J connectivity index is 1.46. The van der Waals surface area contributed by atoms with Crippen molar-refractivity contribution in [1.82, 2.24) is 9.29 Å². The molecule has 2 saturated heterocycles. The molecule has 0 aliphatic carbocycles. The Hall–Kier alpha value is -2.20. The van der Waals surface area contributed by atoms with Crippen molar-refractivity contribution in [3.8, 4) is 11.1 Å². The monoisotopic (exact) mass is 548 g/mol. The lowest BCUT2D eigenvalue weighted by Crippen LogP contribution is -2.46. The van der Waals surface area contributed by atoms with Crippen LogP contribution in [0.2, 0.25) is 5.02 Å². The van der Waals surface area contributed by atoms with E-state index in [0.717, 1.165) is 42.9 Å². The molecule has 4 rings (SSSR count). The molecule has 1 aromatic heterocycles. The molecule has 0 spiro atoms. The number of hydrogen-bond donors (Lipinski definition) is 2. The zero-order valence-corrected chi connectivity index (χ0v) is 23.3. The van der Waals surface area contributed by atoms with Crippen LogP contribution in [0.5, 0.6) is 0 Å². The molecule has 2 aromatic rings. The van der Waals surface area contributed by atoms with Gasteiger partial charge in [0.15, 0.2) is 0 Å². The van der Waals surface area contributed by atoms with E-state index >= 15 is 0 Å². The number of rotatable bonds is 8. The zero-order valence-electron chi connectivity index (χ0n) is 21.7. The number of aromatic nitrogens is 1. The number of anilines is 2. The molecule has 10 heteroatoms. The van der Waals surface area contributed by atoms with E-state index < -0.39 is 21.2 Å². The fourth-order valence-electron chi connectivity index (χ4n) is 5.02. The molecule has 0 radical (unpaired) electrons. The third-order valence-corrected chi connectivity index (χ3v) is 9.90. The standard InChI is InChI=1S/C27H37ClN4O4S/c1-18(2)37(34,35)32-11-5-7-22(17-32)27(33)31-26-15-24(25(28)16-29-26)21-6-4-8-23(14-21)30-19(3)20-9-12-36-13-10-20/h4,6,8,14-16,18-20,22,30H,5,7,9-13,17H2,1-3H3,(H,29,31,33)/t19-,22-/m1/s1. The summed E-state index contributed by atoms with van der Waals surface area (Å²) in [6.07, 6.45) is 4.92. The first-order valence-corrected chi connectivity index (χ1v) is 14.9. The predicted molar refractivity (Wildman–Crippen MR) is 148 cm³/mol. The number of nitrogens with one attached hydrogen (secondary N) is 2. The van der Waals surface area contributed by atoms with Crippen molar-refractivity contribution in [1.29, 1.82) is 0 Å². The van der Waals surface area contributed by atoms with Crippen molar-refractivity contribution in [2.75, 3.05) is 36.9 Å². The molecule has 2 N–H and O–H groups in total. The number of sulfonamides is 1. The fourth-order valence-corrected chi connectivity index (χ4v) is 6.60. The maximum atomic E-state index is 13.0. The normalized spacial score (nSPS) is 20.5. The Kier molecular flexibility index (Phi) is 9.11. The van der Waals surface area contributed by atoms with Crippen LogP contribution in [0, 0.1) is 11.8 Å². The van der Waals surface area contributed by atoms with Gasteiger partial charge in [0.1, 0.15) is 5.82 Å². The SMILES string of the molecule is CC(C)S(=O)(=O)N1CCC[C@@H](C(=O)Nc2cc(-c3cccc(N[C@H](C)C4CCOCC4)c3)c(Cl)cn2)C1. The van der Waals surface area contributed by atoms with Gasteiger partial charge in [-0.3, -0.25) is 4.79 Å². The van der Waals surface area contributed by atoms with E-state index in [1.807, 2.05) is 18.2 Å². The average Bonchev–Trinajstić information content (AvgIpc) is 2.90. The van der Waals surface area contributed by atoms with Crippen molar-refractivity contribution < 1.29 is 17.9 Å². The number of pyridine rings is 1. The molecule has 3 heterocycles. The lowest BCUT2D eigenvalue weighted by molar-refractivity contribution is -0.120. The summed E-state index contributed by atoms with van der Waals surface area (Å²) in [5.41, 5.74) is 2.68. The van der Waals surface area contributed by atoms with E-state index in [1.54, 1.807) is 19.9 Å². The number of benzene rings is 1. The van der Waals surface area contributed by atoms with E-state index in [9.17, 15) is 13.2 Å². The van der Waals surface area contributed by atoms with Gasteiger partial charge in [-0.05, 0) is 76.1 Å². The number of ether oxygens (including phenoxy) is 1. The van der Waals surface area contributed by atoms with Crippen LogP contribution in [0.1, 0.15) is 46.5 Å². The molecule has 2 aliphatic rings. The van der Waals surface area contributed by atoms with Gasteiger partial charge in [-0.15, -0.1) is 0 Å². The molecule has 8 nitrogen and oxygen atoms in total. The minimum Gasteiger partial charge on any atom is -0.382 e. The Labute approximate surface area is 225 Å². The van der Waals surface area contributed by atoms with Crippen LogP contribution in [0.25, 0.3) is 11.1 Å². The van der Waals surface area contributed by atoms with E-state index in [2.05, 4.69) is 28.6 Å². The molecule has 1 aromatic carbocycles. The second kappa shape index (κ2) is 12.1. The first kappa shape index (κ1) is 27.8. The third kappa shape index (κ3) is 6.82. The van der Waals surface area contributed by atoms with Gasteiger partial charge in [-0.1, -0.05) is 23.7 Å². The van der Waals surface area contributed by atoms with Crippen LogP contribution in [0.15, 0.2) is 36.5 Å². The van der Waals surface area contributed by atoms with E-state index in [4.69, 9.17) is 16.3 Å². The molecular formula is C27H37ClN4O4S. The van der Waals surface area contributed by atoms with Crippen LogP contribution in [0.4, 0.5) is 11.5 Å². The Morgan fingerprint density at radius 1 is 1.16 bits per heavy atom. The number of piperidine rings is 1. The van der Waals surface area contributed by atoms with Gasteiger partial charge in [-0.2, -0.15) is 0 Å². The minimum absolute atomic E-state index is 0.186. The minimum atomic E-state index is -3.40. The highest BCUT2D eigenvalue weighted by Gasteiger charge is 2.34. The number of carbonyl (C=O) groups excluding carboxylic acids is 1. The number of halogens is 1. The van der Waals surface area contributed by atoms with Crippen molar-refractivity contribution in [2.45, 2.75) is 57.7 Å². The highest BCUT2D eigenvalue weighted by atomic mass is 35.5. The Bertz CT molecular complexity index is 1200. The van der Waals surface area contributed by atoms with Gasteiger partial charge in [0.25, 0.3) is 0 Å². The predicted octanol–water partition coefficient (Wildman–Crippen LogP) is 5.02. The summed E-state index contributed by atoms with van der Waals surface area (Å²) in [5, 5.41) is 6.47. The largest absolute Gasteiger partial charge is 0.382 e. The van der Waals surface area contributed by atoms with Crippen molar-refractivity contribution in [3.05, 3.63) is 41.6 Å². The lowest BCUT2D eigenvalue weighted by Gasteiger charge is -2.32. The highest BCUT2D eigenvalue weighted by molar-refractivity contribution is 7.89. The second-order valence-corrected chi connectivity index (χ2v) is 13.2. The highest BCUT2D eigenvalue weighted by Crippen LogP contribution is 2.32. The lowest BCUT2D eigenvalue weighted by atomic mass is 9.92. The van der Waals surface area contributed by atoms with Gasteiger partial charge in [0, 0.05) is 49.8 Å². The Morgan fingerprint density at radius 3 is 2.65 bits per heavy atom. The smallest absolute Gasteiger partial charge is 0.229 e. The molecule has 2 atom stereocenters. The number of carbonyl (C=O) groups is 1. The van der Waals surface area contributed by atoms with E-state index in [-0.39, 0.29) is 12.5 Å². The average molecular weight is 549 g/mol. The van der Waals surface area contributed by atoms with Crippen molar-refractivity contribution >= 4 is 39.0 Å². The second-order valence-electron chi connectivity index (χ2n) is 10.3. The molecular weight excluding hydrogens is 512 g/mol. The number of amides is 1. The molecule has 0 saturated carbocycles. The molecule has 2 fully saturated rings. The van der Waals surface area contributed by atoms with Gasteiger partial charge < -0.3 is 15.4 Å². The number of hydrogen-bond acceptors (Lipinski definition) is 6. The van der Waals surface area contributed by atoms with E-state index in [1.165, 1.54) is 10.5 Å². The van der Waals surface area contributed by atoms with Crippen LogP contribution in [0.3, 0.4) is 0 Å². The molecule has 2 aliphatic heterocycles. The van der Waals surface area contributed by atoms with E-state index in [0.29, 0.717) is 42.2 Å². The Morgan fingerprint density at radius 2 is 1.92 bits per heavy atom. The fraction of sp³-hybridized carbons (Fsp3) is 0.556. The maximum absolute atomic E-state index is 13.0. The van der Waals surface area contributed by atoms with Gasteiger partial charge in [0.05, 0.1) is 16.2 Å². The zero-order chi connectivity index (χ0) is 26.6. The molecule has 37 heavy (non-hydrogen) atoms. The van der Waals surface area contributed by atoms with Crippen molar-refractivity contribution in [3.63, 3.8) is 0 Å². The first-order valence-electron chi connectivity index (χ1n) is 13.0. The molecule has 202 valence electrons. The summed E-state index contributed by atoms with van der Waals surface area (Å²) < 4.78 is 32.1. The summed E-state index contributed by atoms with van der Waals surface area (Å²) in [6, 6.07) is 10.1. The molecule has 0 bridgehead atoms. The number of nitrogens with zero attached hydrogens (tertiary/aromatic N) is 2. The van der Waals surface area contributed by atoms with Gasteiger partial charge >= 0.3 is 0 Å². The van der Waals surface area contributed by atoms with Gasteiger partial charge in [-0.25, -0.2) is 17.7 Å².